The Balaban J connectivity index is 1.71. The largest absolute Gasteiger partial charge is 0.489 e. The second-order valence-electron chi connectivity index (χ2n) is 4.85. The summed E-state index contributed by atoms with van der Waals surface area (Å²) in [6.07, 6.45) is 5.08. The van der Waals surface area contributed by atoms with Gasteiger partial charge in [-0.3, -0.25) is 0 Å². The van der Waals surface area contributed by atoms with Crippen molar-refractivity contribution < 1.29 is 14.2 Å². The van der Waals surface area contributed by atoms with Crippen molar-refractivity contribution in [1.29, 1.82) is 0 Å². The van der Waals surface area contributed by atoms with Crippen LogP contribution in [0.25, 0.3) is 0 Å². The zero-order chi connectivity index (χ0) is 12.4. The first-order chi connectivity index (χ1) is 8.86. The molecule has 3 rings (SSSR count). The molecular formula is C14H19NO3. The highest BCUT2D eigenvalue weighted by Gasteiger charge is 2.26. The summed E-state index contributed by atoms with van der Waals surface area (Å²) in [7, 11) is 2.01. The summed E-state index contributed by atoms with van der Waals surface area (Å²) >= 11 is 0. The summed E-state index contributed by atoms with van der Waals surface area (Å²) in [5.41, 5.74) is 0. The normalized spacial score (nSPS) is 26.1. The Kier molecular flexibility index (Phi) is 3.28. The van der Waals surface area contributed by atoms with Gasteiger partial charge < -0.3 is 19.5 Å². The first-order valence-electron chi connectivity index (χ1n) is 6.60. The first kappa shape index (κ1) is 11.7. The van der Waals surface area contributed by atoms with E-state index in [0.717, 1.165) is 23.7 Å². The van der Waals surface area contributed by atoms with Crippen molar-refractivity contribution in [3.8, 4) is 17.2 Å². The smallest absolute Gasteiger partial charge is 0.231 e. The molecule has 2 aliphatic rings. The van der Waals surface area contributed by atoms with E-state index in [-0.39, 0.29) is 6.10 Å². The van der Waals surface area contributed by atoms with Crippen LogP contribution in [0.5, 0.6) is 17.2 Å². The van der Waals surface area contributed by atoms with Crippen LogP contribution in [0.3, 0.4) is 0 Å². The molecule has 2 atom stereocenters. The van der Waals surface area contributed by atoms with Gasteiger partial charge in [-0.15, -0.1) is 0 Å². The molecule has 0 bridgehead atoms. The molecule has 18 heavy (non-hydrogen) atoms. The lowest BCUT2D eigenvalue weighted by molar-refractivity contribution is 0.117. The zero-order valence-corrected chi connectivity index (χ0v) is 10.6. The number of hydrogen-bond acceptors (Lipinski definition) is 4. The van der Waals surface area contributed by atoms with Gasteiger partial charge in [0.2, 0.25) is 6.79 Å². The van der Waals surface area contributed by atoms with E-state index in [4.69, 9.17) is 14.2 Å². The fourth-order valence-electron chi connectivity index (χ4n) is 2.69. The van der Waals surface area contributed by atoms with E-state index in [1.54, 1.807) is 0 Å². The minimum absolute atomic E-state index is 0.254. The molecule has 1 aliphatic heterocycles. The Bertz CT molecular complexity index is 422. The van der Waals surface area contributed by atoms with E-state index in [0.29, 0.717) is 12.8 Å². The van der Waals surface area contributed by atoms with Gasteiger partial charge in [0.1, 0.15) is 11.9 Å². The lowest BCUT2D eigenvalue weighted by Crippen LogP contribution is -2.43. The molecule has 1 aromatic carbocycles. The number of hydrogen-bond donors (Lipinski definition) is 1. The molecule has 98 valence electrons. The molecular weight excluding hydrogens is 230 g/mol. The lowest BCUT2D eigenvalue weighted by atomic mass is 9.92. The van der Waals surface area contributed by atoms with Crippen LogP contribution in [-0.4, -0.2) is 26.0 Å². The highest BCUT2D eigenvalue weighted by molar-refractivity contribution is 5.46. The molecule has 0 spiro atoms. The molecule has 1 fully saturated rings. The Morgan fingerprint density at radius 1 is 1.17 bits per heavy atom. The molecule has 0 radical (unpaired) electrons. The van der Waals surface area contributed by atoms with Crippen molar-refractivity contribution in [2.75, 3.05) is 13.8 Å². The van der Waals surface area contributed by atoms with E-state index >= 15 is 0 Å². The van der Waals surface area contributed by atoms with Gasteiger partial charge in [0.05, 0.1) is 0 Å². The summed E-state index contributed by atoms with van der Waals surface area (Å²) in [6.45, 7) is 0.307. The molecule has 1 saturated carbocycles. The third-order valence-corrected chi connectivity index (χ3v) is 3.70. The molecule has 0 amide bonds. The number of ether oxygens (including phenoxy) is 3. The van der Waals surface area contributed by atoms with Gasteiger partial charge >= 0.3 is 0 Å². The van der Waals surface area contributed by atoms with Crippen LogP contribution in [0.15, 0.2) is 18.2 Å². The van der Waals surface area contributed by atoms with Crippen LogP contribution in [-0.2, 0) is 0 Å². The SMILES string of the molecule is CNC1CCCCC1Oc1ccc2c(c1)OCO2. The van der Waals surface area contributed by atoms with E-state index in [9.17, 15) is 0 Å². The Hall–Kier alpha value is -1.42. The van der Waals surface area contributed by atoms with Crippen molar-refractivity contribution in [2.45, 2.75) is 37.8 Å². The van der Waals surface area contributed by atoms with Gasteiger partial charge in [-0.25, -0.2) is 0 Å². The highest BCUT2D eigenvalue weighted by atomic mass is 16.7. The minimum atomic E-state index is 0.254. The number of fused-ring (bicyclic) bond motifs is 1. The average molecular weight is 249 g/mol. The van der Waals surface area contributed by atoms with Gasteiger partial charge in [0, 0.05) is 12.1 Å². The fraction of sp³-hybridized carbons (Fsp3) is 0.571. The highest BCUT2D eigenvalue weighted by Crippen LogP contribution is 2.36. The number of likely N-dealkylation sites (N-methyl/N-ethyl adjacent to an activating group) is 1. The molecule has 1 N–H and O–H groups in total. The molecule has 0 saturated heterocycles. The Morgan fingerprint density at radius 3 is 2.89 bits per heavy atom. The maximum Gasteiger partial charge on any atom is 0.231 e. The van der Waals surface area contributed by atoms with E-state index in [2.05, 4.69) is 5.32 Å². The van der Waals surface area contributed by atoms with Gasteiger partial charge in [-0.05, 0) is 38.4 Å². The van der Waals surface area contributed by atoms with Crippen molar-refractivity contribution in [3.05, 3.63) is 18.2 Å². The van der Waals surface area contributed by atoms with E-state index < -0.39 is 0 Å². The van der Waals surface area contributed by atoms with Crippen LogP contribution in [0.4, 0.5) is 0 Å². The zero-order valence-electron chi connectivity index (χ0n) is 10.6. The maximum absolute atomic E-state index is 6.09. The van der Waals surface area contributed by atoms with Crippen molar-refractivity contribution in [1.82, 2.24) is 5.32 Å². The number of nitrogens with one attached hydrogen (secondary N) is 1. The van der Waals surface area contributed by atoms with Gasteiger partial charge in [0.25, 0.3) is 0 Å². The lowest BCUT2D eigenvalue weighted by Gasteiger charge is -2.31. The van der Waals surface area contributed by atoms with Crippen LogP contribution in [0.1, 0.15) is 25.7 Å². The third-order valence-electron chi connectivity index (χ3n) is 3.70. The number of rotatable bonds is 3. The number of benzene rings is 1. The quantitative estimate of drug-likeness (QED) is 0.892. The van der Waals surface area contributed by atoms with Crippen LogP contribution in [0.2, 0.25) is 0 Å². The summed E-state index contributed by atoms with van der Waals surface area (Å²) in [5.74, 6) is 2.45. The molecule has 1 aromatic rings. The molecule has 0 aromatic heterocycles. The summed E-state index contributed by atoms with van der Waals surface area (Å²) in [4.78, 5) is 0. The van der Waals surface area contributed by atoms with Crippen LogP contribution >= 0.6 is 0 Å². The van der Waals surface area contributed by atoms with Gasteiger partial charge in [0.15, 0.2) is 11.5 Å². The second kappa shape index (κ2) is 5.06. The van der Waals surface area contributed by atoms with Crippen LogP contribution in [0, 0.1) is 0 Å². The maximum atomic E-state index is 6.09. The summed E-state index contributed by atoms with van der Waals surface area (Å²) < 4.78 is 16.7. The average Bonchev–Trinajstić information content (AvgIpc) is 2.87. The summed E-state index contributed by atoms with van der Waals surface area (Å²) in [6, 6.07) is 6.23. The molecule has 4 heteroatoms. The third kappa shape index (κ3) is 2.25. The molecule has 2 unspecified atom stereocenters. The summed E-state index contributed by atoms with van der Waals surface area (Å²) in [5, 5.41) is 3.35. The monoisotopic (exact) mass is 249 g/mol. The van der Waals surface area contributed by atoms with Crippen molar-refractivity contribution in [2.24, 2.45) is 0 Å². The molecule has 1 aliphatic carbocycles. The molecule has 1 heterocycles. The van der Waals surface area contributed by atoms with Gasteiger partial charge in [-0.1, -0.05) is 6.42 Å². The van der Waals surface area contributed by atoms with Crippen molar-refractivity contribution >= 4 is 0 Å². The van der Waals surface area contributed by atoms with E-state index in [1.165, 1.54) is 19.3 Å². The minimum Gasteiger partial charge on any atom is -0.489 e. The Labute approximate surface area is 107 Å². The predicted octanol–water partition coefficient (Wildman–Crippen LogP) is 2.32. The molecule has 4 nitrogen and oxygen atoms in total. The Morgan fingerprint density at radius 2 is 2.00 bits per heavy atom. The van der Waals surface area contributed by atoms with E-state index in [1.807, 2.05) is 25.2 Å². The predicted molar refractivity (Wildman–Crippen MR) is 68.3 cm³/mol. The second-order valence-corrected chi connectivity index (χ2v) is 4.85. The van der Waals surface area contributed by atoms with Crippen LogP contribution < -0.4 is 19.5 Å². The topological polar surface area (TPSA) is 39.7 Å². The standard InChI is InChI=1S/C14H19NO3/c1-15-11-4-2-3-5-12(11)18-10-6-7-13-14(8-10)17-9-16-13/h6-8,11-12,15H,2-5,9H2,1H3. The van der Waals surface area contributed by atoms with Crippen molar-refractivity contribution in [3.63, 3.8) is 0 Å². The van der Waals surface area contributed by atoms with Gasteiger partial charge in [-0.2, -0.15) is 0 Å². The first-order valence-corrected chi connectivity index (χ1v) is 6.60. The fourth-order valence-corrected chi connectivity index (χ4v) is 2.69.